The molecule has 4 aromatic rings. The van der Waals surface area contributed by atoms with Gasteiger partial charge in [-0.2, -0.15) is 0 Å². The first-order chi connectivity index (χ1) is 14.2. The molecule has 0 saturated heterocycles. The van der Waals surface area contributed by atoms with Crippen LogP contribution in [-0.4, -0.2) is 15.9 Å². The van der Waals surface area contributed by atoms with Gasteiger partial charge < -0.3 is 10.6 Å². The monoisotopic (exact) mass is 382 g/mol. The Labute approximate surface area is 169 Å². The van der Waals surface area contributed by atoms with Gasteiger partial charge in [-0.15, -0.1) is 0 Å². The van der Waals surface area contributed by atoms with E-state index in [1.807, 2.05) is 48.5 Å². The van der Waals surface area contributed by atoms with E-state index < -0.39 is 0 Å². The molecule has 29 heavy (non-hydrogen) atoms. The Balaban J connectivity index is 1.62. The van der Waals surface area contributed by atoms with Crippen LogP contribution in [0.2, 0.25) is 0 Å². The van der Waals surface area contributed by atoms with Crippen LogP contribution >= 0.6 is 0 Å². The second kappa shape index (κ2) is 8.52. The minimum absolute atomic E-state index is 0.142. The summed E-state index contributed by atoms with van der Waals surface area (Å²) >= 11 is 0. The third-order valence-corrected chi connectivity index (χ3v) is 4.77. The summed E-state index contributed by atoms with van der Waals surface area (Å²) in [4.78, 5) is 21.7. The van der Waals surface area contributed by atoms with Gasteiger partial charge in [0, 0.05) is 30.0 Å². The standard InChI is InChI=1S/C24H22N4O/c1-2-17-9-11-19(12-10-17)27-23-14-21(20-7-3-4-8-22(20)28-23)24(29)26-16-18-6-5-13-25-15-18/h3-15H,2,16H2,1H3,(H,26,29)(H,27,28). The summed E-state index contributed by atoms with van der Waals surface area (Å²) in [5.74, 6) is 0.497. The number of aryl methyl sites for hydroxylation is 1. The van der Waals surface area contributed by atoms with E-state index in [1.165, 1.54) is 5.56 Å². The molecule has 144 valence electrons. The van der Waals surface area contributed by atoms with E-state index in [1.54, 1.807) is 18.5 Å². The van der Waals surface area contributed by atoms with E-state index in [-0.39, 0.29) is 5.91 Å². The topological polar surface area (TPSA) is 66.9 Å². The number of anilines is 2. The fraction of sp³-hybridized carbons (Fsp3) is 0.125. The predicted octanol–water partition coefficient (Wildman–Crippen LogP) is 4.87. The van der Waals surface area contributed by atoms with Crippen molar-refractivity contribution in [1.29, 1.82) is 0 Å². The molecule has 2 heterocycles. The largest absolute Gasteiger partial charge is 0.348 e. The highest BCUT2D eigenvalue weighted by Gasteiger charge is 2.13. The van der Waals surface area contributed by atoms with Gasteiger partial charge in [0.25, 0.3) is 5.91 Å². The number of aromatic nitrogens is 2. The van der Waals surface area contributed by atoms with Crippen LogP contribution in [0.25, 0.3) is 10.9 Å². The third-order valence-electron chi connectivity index (χ3n) is 4.77. The molecule has 1 amide bonds. The van der Waals surface area contributed by atoms with Crippen molar-refractivity contribution >= 4 is 28.3 Å². The molecule has 0 atom stereocenters. The first-order valence-electron chi connectivity index (χ1n) is 9.66. The molecule has 0 saturated carbocycles. The van der Waals surface area contributed by atoms with Crippen LogP contribution in [0.5, 0.6) is 0 Å². The molecule has 0 aliphatic heterocycles. The molecule has 0 bridgehead atoms. The van der Waals surface area contributed by atoms with Crippen molar-refractivity contribution in [3.63, 3.8) is 0 Å². The number of nitrogens with zero attached hydrogens (tertiary/aromatic N) is 2. The number of carbonyl (C=O) groups excluding carboxylic acids is 1. The van der Waals surface area contributed by atoms with Crippen molar-refractivity contribution in [1.82, 2.24) is 15.3 Å². The maximum Gasteiger partial charge on any atom is 0.252 e. The van der Waals surface area contributed by atoms with Gasteiger partial charge in [-0.05, 0) is 47.9 Å². The lowest BCUT2D eigenvalue weighted by Gasteiger charge is -2.12. The maximum absolute atomic E-state index is 12.9. The van der Waals surface area contributed by atoms with Crippen LogP contribution in [0.15, 0.2) is 79.1 Å². The van der Waals surface area contributed by atoms with Crippen LogP contribution in [0.3, 0.4) is 0 Å². The summed E-state index contributed by atoms with van der Waals surface area (Å²) in [6, 6.07) is 21.5. The zero-order chi connectivity index (χ0) is 20.1. The quantitative estimate of drug-likeness (QED) is 0.499. The van der Waals surface area contributed by atoms with Gasteiger partial charge in [0.1, 0.15) is 5.82 Å². The maximum atomic E-state index is 12.9. The second-order valence-electron chi connectivity index (χ2n) is 6.79. The zero-order valence-electron chi connectivity index (χ0n) is 16.2. The number of rotatable bonds is 6. The molecule has 0 unspecified atom stereocenters. The lowest BCUT2D eigenvalue weighted by molar-refractivity contribution is 0.0952. The number of carbonyl (C=O) groups is 1. The number of pyridine rings is 2. The van der Waals surface area contributed by atoms with E-state index >= 15 is 0 Å². The SMILES string of the molecule is CCc1ccc(Nc2cc(C(=O)NCc3cccnc3)c3ccccc3n2)cc1. The highest BCUT2D eigenvalue weighted by Crippen LogP contribution is 2.23. The molecule has 2 aromatic carbocycles. The van der Waals surface area contributed by atoms with Crippen LogP contribution < -0.4 is 10.6 Å². The minimum Gasteiger partial charge on any atom is -0.348 e. The van der Waals surface area contributed by atoms with Gasteiger partial charge in [-0.25, -0.2) is 4.98 Å². The van der Waals surface area contributed by atoms with Gasteiger partial charge in [0.05, 0.1) is 11.1 Å². The van der Waals surface area contributed by atoms with Crippen molar-refractivity contribution < 1.29 is 4.79 Å². The highest BCUT2D eigenvalue weighted by molar-refractivity contribution is 6.07. The van der Waals surface area contributed by atoms with Crippen LogP contribution in [-0.2, 0) is 13.0 Å². The molecule has 0 aliphatic rings. The van der Waals surface area contributed by atoms with E-state index in [2.05, 4.69) is 39.7 Å². The Morgan fingerprint density at radius 3 is 2.55 bits per heavy atom. The summed E-state index contributed by atoms with van der Waals surface area (Å²) < 4.78 is 0. The van der Waals surface area contributed by atoms with Crippen molar-refractivity contribution in [2.24, 2.45) is 0 Å². The van der Waals surface area contributed by atoms with E-state index in [9.17, 15) is 4.79 Å². The summed E-state index contributed by atoms with van der Waals surface area (Å²) in [7, 11) is 0. The summed E-state index contributed by atoms with van der Waals surface area (Å²) in [5, 5.41) is 7.12. The Morgan fingerprint density at radius 1 is 0.966 bits per heavy atom. The summed E-state index contributed by atoms with van der Waals surface area (Å²) in [5.41, 5.74) is 4.53. The molecule has 4 rings (SSSR count). The van der Waals surface area contributed by atoms with Gasteiger partial charge in [0.15, 0.2) is 0 Å². The zero-order valence-corrected chi connectivity index (χ0v) is 16.2. The first-order valence-corrected chi connectivity index (χ1v) is 9.66. The molecule has 2 N–H and O–H groups in total. The average Bonchev–Trinajstić information content (AvgIpc) is 2.78. The van der Waals surface area contributed by atoms with Crippen LogP contribution in [0.1, 0.15) is 28.4 Å². The Bertz CT molecular complexity index is 1120. The van der Waals surface area contributed by atoms with Gasteiger partial charge >= 0.3 is 0 Å². The number of nitrogens with one attached hydrogen (secondary N) is 2. The molecule has 5 heteroatoms. The van der Waals surface area contributed by atoms with E-state index in [0.29, 0.717) is 17.9 Å². The number of benzene rings is 2. The molecule has 5 nitrogen and oxygen atoms in total. The van der Waals surface area contributed by atoms with E-state index in [0.717, 1.165) is 28.6 Å². The molecular weight excluding hydrogens is 360 g/mol. The fourth-order valence-electron chi connectivity index (χ4n) is 3.18. The smallest absolute Gasteiger partial charge is 0.252 e. The van der Waals surface area contributed by atoms with Crippen molar-refractivity contribution in [3.8, 4) is 0 Å². The molecule has 2 aromatic heterocycles. The fourth-order valence-corrected chi connectivity index (χ4v) is 3.18. The van der Waals surface area contributed by atoms with E-state index in [4.69, 9.17) is 0 Å². The second-order valence-corrected chi connectivity index (χ2v) is 6.79. The van der Waals surface area contributed by atoms with Crippen LogP contribution in [0, 0.1) is 0 Å². The lowest BCUT2D eigenvalue weighted by Crippen LogP contribution is -2.23. The number of fused-ring (bicyclic) bond motifs is 1. The Kier molecular flexibility index (Phi) is 5.47. The summed E-state index contributed by atoms with van der Waals surface area (Å²) in [6.45, 7) is 2.55. The highest BCUT2D eigenvalue weighted by atomic mass is 16.1. The average molecular weight is 382 g/mol. The van der Waals surface area contributed by atoms with Gasteiger partial charge in [-0.1, -0.05) is 43.3 Å². The number of hydrogen-bond donors (Lipinski definition) is 2. The number of para-hydroxylation sites is 1. The predicted molar refractivity (Wildman–Crippen MR) is 116 cm³/mol. The third kappa shape index (κ3) is 4.41. The number of amides is 1. The first kappa shape index (κ1) is 18.6. The van der Waals surface area contributed by atoms with Crippen LogP contribution in [0.4, 0.5) is 11.5 Å². The van der Waals surface area contributed by atoms with Crippen molar-refractivity contribution in [3.05, 3.63) is 95.8 Å². The summed E-state index contributed by atoms with van der Waals surface area (Å²) in [6.07, 6.45) is 4.46. The Morgan fingerprint density at radius 2 is 1.79 bits per heavy atom. The van der Waals surface area contributed by atoms with Crippen molar-refractivity contribution in [2.75, 3.05) is 5.32 Å². The van der Waals surface area contributed by atoms with Gasteiger partial charge in [0.2, 0.25) is 0 Å². The molecule has 0 radical (unpaired) electrons. The van der Waals surface area contributed by atoms with Crippen molar-refractivity contribution in [2.45, 2.75) is 19.9 Å². The van der Waals surface area contributed by atoms with Gasteiger partial charge in [-0.3, -0.25) is 9.78 Å². The molecule has 0 spiro atoms. The lowest BCUT2D eigenvalue weighted by atomic mass is 10.1. The normalized spacial score (nSPS) is 10.7. The number of hydrogen-bond acceptors (Lipinski definition) is 4. The molecule has 0 aliphatic carbocycles. The minimum atomic E-state index is -0.142. The Hall–Kier alpha value is -3.73. The molecule has 0 fully saturated rings. The molecular formula is C24H22N4O.